The highest BCUT2D eigenvalue weighted by Crippen LogP contribution is 2.23. The van der Waals surface area contributed by atoms with Gasteiger partial charge in [-0.2, -0.15) is 11.8 Å². The molecule has 0 radical (unpaired) electrons. The number of anilines is 1. The first-order valence-electron chi connectivity index (χ1n) is 5.48. The predicted octanol–water partition coefficient (Wildman–Crippen LogP) is 2.66. The summed E-state index contributed by atoms with van der Waals surface area (Å²) < 4.78 is 0. The summed E-state index contributed by atoms with van der Waals surface area (Å²) in [7, 11) is 1.63. The molecule has 0 bridgehead atoms. The molecule has 1 aromatic carbocycles. The molecular weight excluding hydrogens is 272 g/mol. The largest absolute Gasteiger partial charge is 0.395 e. The van der Waals surface area contributed by atoms with Crippen LogP contribution in [0, 0.1) is 0 Å². The van der Waals surface area contributed by atoms with Crippen molar-refractivity contribution in [3.63, 3.8) is 0 Å². The van der Waals surface area contributed by atoms with Crippen LogP contribution in [0.3, 0.4) is 0 Å². The minimum atomic E-state index is -0.249. The summed E-state index contributed by atoms with van der Waals surface area (Å²) in [6.07, 6.45) is 2.00. The third kappa shape index (κ3) is 4.40. The summed E-state index contributed by atoms with van der Waals surface area (Å²) >= 11 is 7.72. The van der Waals surface area contributed by atoms with Crippen LogP contribution in [0.5, 0.6) is 0 Å². The minimum absolute atomic E-state index is 0.0533. The lowest BCUT2D eigenvalue weighted by Crippen LogP contribution is -2.33. The second kappa shape index (κ2) is 7.51. The van der Waals surface area contributed by atoms with Crippen molar-refractivity contribution in [1.82, 2.24) is 4.90 Å². The zero-order valence-corrected chi connectivity index (χ0v) is 12.0. The van der Waals surface area contributed by atoms with Crippen molar-refractivity contribution in [3.05, 3.63) is 28.8 Å². The summed E-state index contributed by atoms with van der Waals surface area (Å²) in [5.74, 6) is 0.801. The second-order valence-corrected chi connectivity index (χ2v) is 5.09. The number of amides is 2. The molecule has 0 unspecified atom stereocenters. The number of aliphatic hydroxyl groups is 1. The van der Waals surface area contributed by atoms with Crippen molar-refractivity contribution < 1.29 is 9.90 Å². The molecule has 4 nitrogen and oxygen atoms in total. The van der Waals surface area contributed by atoms with E-state index < -0.39 is 0 Å². The second-order valence-electron chi connectivity index (χ2n) is 3.81. The Kier molecular flexibility index (Phi) is 6.32. The van der Waals surface area contributed by atoms with E-state index in [-0.39, 0.29) is 12.6 Å². The molecule has 6 heteroatoms. The molecule has 1 aromatic rings. The van der Waals surface area contributed by atoms with E-state index in [1.807, 2.05) is 12.3 Å². The SMILES string of the molecule is CSCc1cc(NC(=O)N(C)CCO)ccc1Cl. The monoisotopic (exact) mass is 288 g/mol. The Morgan fingerprint density at radius 3 is 2.89 bits per heavy atom. The number of hydrogen-bond donors (Lipinski definition) is 2. The molecule has 1 rings (SSSR count). The standard InChI is InChI=1S/C12H17ClN2O2S/c1-15(5-6-16)12(17)14-10-3-4-11(13)9(7-10)8-18-2/h3-4,7,16H,5-6,8H2,1-2H3,(H,14,17). The van der Waals surface area contributed by atoms with Crippen molar-refractivity contribution in [2.75, 3.05) is 31.8 Å². The zero-order chi connectivity index (χ0) is 13.5. The number of nitrogens with one attached hydrogen (secondary N) is 1. The summed E-state index contributed by atoms with van der Waals surface area (Å²) in [6.45, 7) is 0.249. The number of nitrogens with zero attached hydrogens (tertiary/aromatic N) is 1. The number of aliphatic hydroxyl groups excluding tert-OH is 1. The number of hydrogen-bond acceptors (Lipinski definition) is 3. The van der Waals surface area contributed by atoms with E-state index in [0.717, 1.165) is 11.3 Å². The van der Waals surface area contributed by atoms with E-state index in [9.17, 15) is 4.79 Å². The van der Waals surface area contributed by atoms with Gasteiger partial charge in [-0.1, -0.05) is 11.6 Å². The van der Waals surface area contributed by atoms with Crippen LogP contribution < -0.4 is 5.32 Å². The average Bonchev–Trinajstić information content (AvgIpc) is 2.34. The maximum absolute atomic E-state index is 11.7. The molecule has 2 amide bonds. The van der Waals surface area contributed by atoms with Gasteiger partial charge in [0.05, 0.1) is 6.61 Å². The molecule has 18 heavy (non-hydrogen) atoms. The molecule has 0 aliphatic rings. The molecule has 2 N–H and O–H groups in total. The normalized spacial score (nSPS) is 10.2. The smallest absolute Gasteiger partial charge is 0.321 e. The van der Waals surface area contributed by atoms with E-state index in [2.05, 4.69) is 5.32 Å². The molecule has 0 spiro atoms. The van der Waals surface area contributed by atoms with Crippen LogP contribution in [0.2, 0.25) is 5.02 Å². The third-order valence-corrected chi connectivity index (χ3v) is 3.35. The van der Waals surface area contributed by atoms with Gasteiger partial charge in [-0.25, -0.2) is 4.79 Å². The van der Waals surface area contributed by atoms with Gasteiger partial charge in [0, 0.05) is 30.1 Å². The third-order valence-electron chi connectivity index (χ3n) is 2.38. The molecule has 0 atom stereocenters. The van der Waals surface area contributed by atoms with Gasteiger partial charge in [-0.3, -0.25) is 0 Å². The van der Waals surface area contributed by atoms with E-state index in [1.54, 1.807) is 30.9 Å². The molecule has 0 saturated heterocycles. The first-order valence-corrected chi connectivity index (χ1v) is 7.26. The van der Waals surface area contributed by atoms with Crippen molar-refractivity contribution in [2.45, 2.75) is 5.75 Å². The quantitative estimate of drug-likeness (QED) is 0.876. The lowest BCUT2D eigenvalue weighted by molar-refractivity contribution is 0.202. The molecule has 0 fully saturated rings. The highest BCUT2D eigenvalue weighted by Gasteiger charge is 2.09. The summed E-state index contributed by atoms with van der Waals surface area (Å²) in [5, 5.41) is 12.2. The highest BCUT2D eigenvalue weighted by molar-refractivity contribution is 7.97. The van der Waals surface area contributed by atoms with E-state index >= 15 is 0 Å². The summed E-state index contributed by atoms with van der Waals surface area (Å²) in [5.41, 5.74) is 1.70. The highest BCUT2D eigenvalue weighted by atomic mass is 35.5. The number of benzene rings is 1. The Morgan fingerprint density at radius 1 is 1.56 bits per heavy atom. The van der Waals surface area contributed by atoms with Crippen molar-refractivity contribution in [3.8, 4) is 0 Å². The summed E-state index contributed by atoms with van der Waals surface area (Å²) in [6, 6.07) is 5.15. The van der Waals surface area contributed by atoms with Crippen LogP contribution in [-0.4, -0.2) is 42.5 Å². The molecule has 0 aliphatic heterocycles. The van der Waals surface area contributed by atoms with Crippen LogP contribution in [0.1, 0.15) is 5.56 Å². The Balaban J connectivity index is 2.72. The fourth-order valence-corrected chi connectivity index (χ4v) is 2.20. The lowest BCUT2D eigenvalue weighted by atomic mass is 10.2. The number of rotatable bonds is 5. The van der Waals surface area contributed by atoms with Gasteiger partial charge >= 0.3 is 6.03 Å². The maximum atomic E-state index is 11.7. The van der Waals surface area contributed by atoms with Gasteiger partial charge in [0.25, 0.3) is 0 Å². The van der Waals surface area contributed by atoms with Gasteiger partial charge in [-0.15, -0.1) is 0 Å². The number of carbonyl (C=O) groups excluding carboxylic acids is 1. The number of thioether (sulfide) groups is 1. The van der Waals surface area contributed by atoms with Gasteiger partial charge < -0.3 is 15.3 Å². The first kappa shape index (κ1) is 15.1. The van der Waals surface area contributed by atoms with Crippen molar-refractivity contribution >= 4 is 35.1 Å². The van der Waals surface area contributed by atoms with Gasteiger partial charge in [0.15, 0.2) is 0 Å². The first-order chi connectivity index (χ1) is 8.58. The zero-order valence-electron chi connectivity index (χ0n) is 10.4. The van der Waals surface area contributed by atoms with Crippen molar-refractivity contribution in [1.29, 1.82) is 0 Å². The van der Waals surface area contributed by atoms with Crippen LogP contribution in [0.15, 0.2) is 18.2 Å². The molecule has 0 saturated carbocycles. The van der Waals surface area contributed by atoms with Gasteiger partial charge in [0.2, 0.25) is 0 Å². The van der Waals surface area contributed by atoms with Crippen LogP contribution >= 0.6 is 23.4 Å². The van der Waals surface area contributed by atoms with Crippen LogP contribution in [0.25, 0.3) is 0 Å². The number of carbonyl (C=O) groups is 1. The number of likely N-dealkylation sites (N-methyl/N-ethyl adjacent to an activating group) is 1. The van der Waals surface area contributed by atoms with Crippen LogP contribution in [-0.2, 0) is 5.75 Å². The fourth-order valence-electron chi connectivity index (χ4n) is 1.39. The molecule has 0 heterocycles. The van der Waals surface area contributed by atoms with E-state index in [1.165, 1.54) is 4.90 Å². The lowest BCUT2D eigenvalue weighted by Gasteiger charge is -2.17. The molecular formula is C12H17ClN2O2S. The Hall–Kier alpha value is -0.910. The van der Waals surface area contributed by atoms with Crippen molar-refractivity contribution in [2.24, 2.45) is 0 Å². The van der Waals surface area contributed by atoms with Gasteiger partial charge in [-0.05, 0) is 30.0 Å². The average molecular weight is 289 g/mol. The summed E-state index contributed by atoms with van der Waals surface area (Å²) in [4.78, 5) is 13.1. The molecule has 0 aromatic heterocycles. The topological polar surface area (TPSA) is 52.6 Å². The minimum Gasteiger partial charge on any atom is -0.395 e. The Morgan fingerprint density at radius 2 is 2.28 bits per heavy atom. The van der Waals surface area contributed by atoms with Gasteiger partial charge in [0.1, 0.15) is 0 Å². The maximum Gasteiger partial charge on any atom is 0.321 e. The number of halogens is 1. The molecule has 100 valence electrons. The Bertz CT molecular complexity index is 415. The van der Waals surface area contributed by atoms with E-state index in [4.69, 9.17) is 16.7 Å². The number of urea groups is 1. The predicted molar refractivity (Wildman–Crippen MR) is 77.4 cm³/mol. The van der Waals surface area contributed by atoms with E-state index in [0.29, 0.717) is 17.3 Å². The Labute approximate surface area is 116 Å². The fraction of sp³-hybridized carbons (Fsp3) is 0.417. The van der Waals surface area contributed by atoms with Crippen LogP contribution in [0.4, 0.5) is 10.5 Å². The molecule has 0 aliphatic carbocycles.